The predicted octanol–water partition coefficient (Wildman–Crippen LogP) is 3.40. The van der Waals surface area contributed by atoms with Gasteiger partial charge in [0.05, 0.1) is 0 Å². The van der Waals surface area contributed by atoms with Gasteiger partial charge in [-0.3, -0.25) is 0 Å². The quantitative estimate of drug-likeness (QED) is 0.684. The summed E-state index contributed by atoms with van der Waals surface area (Å²) in [5.41, 5.74) is 0. The van der Waals surface area contributed by atoms with E-state index < -0.39 is 18.7 Å². The summed E-state index contributed by atoms with van der Waals surface area (Å²) in [7, 11) is 0. The van der Waals surface area contributed by atoms with E-state index in [2.05, 4.69) is 5.32 Å². The first kappa shape index (κ1) is 18.1. The summed E-state index contributed by atoms with van der Waals surface area (Å²) < 4.78 is 41.0. The second-order valence-corrected chi connectivity index (χ2v) is 5.13. The summed E-state index contributed by atoms with van der Waals surface area (Å²) in [5.74, 6) is 0.601. The molecule has 0 heterocycles. The molecule has 120 valence electrons. The van der Waals surface area contributed by atoms with E-state index in [4.69, 9.17) is 16.3 Å². The van der Waals surface area contributed by atoms with Gasteiger partial charge in [-0.2, -0.15) is 13.2 Å². The third-order valence-electron chi connectivity index (χ3n) is 2.70. The number of hydrogen-bond acceptors (Lipinski definition) is 3. The molecule has 2 N–H and O–H groups in total. The molecule has 1 atom stereocenters. The van der Waals surface area contributed by atoms with E-state index in [0.29, 0.717) is 23.7 Å². The third-order valence-corrected chi connectivity index (χ3v) is 2.95. The van der Waals surface area contributed by atoms with Crippen molar-refractivity contribution in [2.75, 3.05) is 19.7 Å². The Hall–Kier alpha value is -0.980. The highest BCUT2D eigenvalue weighted by molar-refractivity contribution is 6.30. The molecule has 0 radical (unpaired) electrons. The van der Waals surface area contributed by atoms with E-state index in [9.17, 15) is 18.3 Å². The smallest absolute Gasteiger partial charge is 0.389 e. The van der Waals surface area contributed by atoms with Crippen molar-refractivity contribution in [1.82, 2.24) is 5.32 Å². The molecular formula is C14H19ClF3NO2. The lowest BCUT2D eigenvalue weighted by atomic mass is 10.2. The molecule has 1 aromatic carbocycles. The zero-order chi connectivity index (χ0) is 15.7. The van der Waals surface area contributed by atoms with Crippen LogP contribution in [0.25, 0.3) is 0 Å². The van der Waals surface area contributed by atoms with Gasteiger partial charge in [-0.25, -0.2) is 0 Å². The normalized spacial score (nSPS) is 13.2. The Kier molecular flexibility index (Phi) is 7.85. The Balaban J connectivity index is 2.03. The topological polar surface area (TPSA) is 41.5 Å². The molecule has 1 unspecified atom stereocenters. The first-order valence-corrected chi connectivity index (χ1v) is 7.08. The van der Waals surface area contributed by atoms with Gasteiger partial charge in [-0.05, 0) is 43.7 Å². The molecule has 0 aromatic heterocycles. The molecule has 0 bridgehead atoms. The molecule has 0 saturated heterocycles. The Morgan fingerprint density at radius 1 is 1.19 bits per heavy atom. The van der Waals surface area contributed by atoms with Gasteiger partial charge in [0.15, 0.2) is 0 Å². The second kappa shape index (κ2) is 9.12. The van der Waals surface area contributed by atoms with Crippen LogP contribution >= 0.6 is 11.6 Å². The minimum absolute atomic E-state index is 0.0911. The van der Waals surface area contributed by atoms with Crippen molar-refractivity contribution in [3.05, 3.63) is 29.3 Å². The standard InChI is InChI=1S/C14H19ClF3NO2/c15-11-3-5-13(6-4-11)21-10-12(20)9-19-8-2-1-7-14(16,17)18/h3-6,12,19-20H,1-2,7-10H2. The lowest BCUT2D eigenvalue weighted by Crippen LogP contribution is -2.32. The first-order chi connectivity index (χ1) is 9.87. The molecule has 1 aromatic rings. The van der Waals surface area contributed by atoms with E-state index >= 15 is 0 Å². The number of alkyl halides is 3. The van der Waals surface area contributed by atoms with Crippen LogP contribution in [0.2, 0.25) is 5.02 Å². The lowest BCUT2D eigenvalue weighted by Gasteiger charge is -2.13. The van der Waals surface area contributed by atoms with Crippen molar-refractivity contribution in [3.63, 3.8) is 0 Å². The summed E-state index contributed by atoms with van der Waals surface area (Å²) in [6.45, 7) is 0.824. The zero-order valence-electron chi connectivity index (χ0n) is 11.5. The van der Waals surface area contributed by atoms with Crippen LogP contribution in [0.15, 0.2) is 24.3 Å². The van der Waals surface area contributed by atoms with Gasteiger partial charge >= 0.3 is 6.18 Å². The summed E-state index contributed by atoms with van der Waals surface area (Å²) in [6, 6.07) is 6.75. The average Bonchev–Trinajstić information content (AvgIpc) is 2.41. The Morgan fingerprint density at radius 3 is 2.48 bits per heavy atom. The molecule has 21 heavy (non-hydrogen) atoms. The average molecular weight is 326 g/mol. The lowest BCUT2D eigenvalue weighted by molar-refractivity contribution is -0.135. The molecule has 0 aliphatic rings. The van der Waals surface area contributed by atoms with Crippen molar-refractivity contribution < 1.29 is 23.0 Å². The highest BCUT2D eigenvalue weighted by atomic mass is 35.5. The monoisotopic (exact) mass is 325 g/mol. The number of rotatable bonds is 9. The number of unbranched alkanes of at least 4 members (excludes halogenated alkanes) is 1. The molecule has 0 spiro atoms. The van der Waals surface area contributed by atoms with Gasteiger partial charge in [-0.1, -0.05) is 11.6 Å². The molecule has 0 fully saturated rings. The second-order valence-electron chi connectivity index (χ2n) is 4.70. The fourth-order valence-corrected chi connectivity index (χ4v) is 1.75. The van der Waals surface area contributed by atoms with Gasteiger partial charge in [0.25, 0.3) is 0 Å². The highest BCUT2D eigenvalue weighted by Crippen LogP contribution is 2.21. The van der Waals surface area contributed by atoms with E-state index in [1.165, 1.54) is 0 Å². The molecule has 0 aliphatic carbocycles. The minimum Gasteiger partial charge on any atom is -0.491 e. The summed E-state index contributed by atoms with van der Waals surface area (Å²) in [4.78, 5) is 0. The fourth-order valence-electron chi connectivity index (χ4n) is 1.63. The number of aliphatic hydroxyl groups is 1. The minimum atomic E-state index is -4.09. The van der Waals surface area contributed by atoms with Gasteiger partial charge in [0.2, 0.25) is 0 Å². The SMILES string of the molecule is OC(CNCCCCC(F)(F)F)COc1ccc(Cl)cc1. The maximum atomic E-state index is 11.9. The van der Waals surface area contributed by atoms with Crippen LogP contribution in [0, 0.1) is 0 Å². The predicted molar refractivity (Wildman–Crippen MR) is 75.7 cm³/mol. The van der Waals surface area contributed by atoms with Crippen LogP contribution in [0.3, 0.4) is 0 Å². The number of benzene rings is 1. The van der Waals surface area contributed by atoms with E-state index in [1.54, 1.807) is 24.3 Å². The van der Waals surface area contributed by atoms with E-state index in [-0.39, 0.29) is 19.6 Å². The molecule has 0 aliphatic heterocycles. The van der Waals surface area contributed by atoms with Crippen molar-refractivity contribution in [2.45, 2.75) is 31.5 Å². The van der Waals surface area contributed by atoms with Crippen LogP contribution in [0.4, 0.5) is 13.2 Å². The Labute approximate surface area is 127 Å². The number of aliphatic hydroxyl groups excluding tert-OH is 1. The molecular weight excluding hydrogens is 307 g/mol. The highest BCUT2D eigenvalue weighted by Gasteiger charge is 2.25. The summed E-state index contributed by atoms with van der Waals surface area (Å²) in [5, 5.41) is 13.2. The first-order valence-electron chi connectivity index (χ1n) is 6.71. The van der Waals surface area contributed by atoms with Crippen LogP contribution < -0.4 is 10.1 Å². The largest absolute Gasteiger partial charge is 0.491 e. The Morgan fingerprint density at radius 2 is 1.86 bits per heavy atom. The Bertz CT molecular complexity index is 398. The van der Waals surface area contributed by atoms with E-state index in [1.807, 2.05) is 0 Å². The van der Waals surface area contributed by atoms with Gasteiger partial charge in [0, 0.05) is 18.0 Å². The molecule has 7 heteroatoms. The number of halogens is 4. The van der Waals surface area contributed by atoms with Crippen LogP contribution in [-0.2, 0) is 0 Å². The summed E-state index contributed by atoms with van der Waals surface area (Å²) >= 11 is 5.73. The molecule has 0 amide bonds. The van der Waals surface area contributed by atoms with Gasteiger partial charge < -0.3 is 15.2 Å². The van der Waals surface area contributed by atoms with Crippen molar-refractivity contribution in [3.8, 4) is 5.75 Å². The number of hydrogen-bond donors (Lipinski definition) is 2. The van der Waals surface area contributed by atoms with Crippen molar-refractivity contribution in [2.24, 2.45) is 0 Å². The molecule has 1 rings (SSSR count). The zero-order valence-corrected chi connectivity index (χ0v) is 12.3. The van der Waals surface area contributed by atoms with E-state index in [0.717, 1.165) is 0 Å². The summed E-state index contributed by atoms with van der Waals surface area (Å²) in [6.07, 6.45) is -5.07. The van der Waals surface area contributed by atoms with Crippen molar-refractivity contribution in [1.29, 1.82) is 0 Å². The van der Waals surface area contributed by atoms with Crippen LogP contribution in [0.5, 0.6) is 5.75 Å². The van der Waals surface area contributed by atoms with Crippen LogP contribution in [0.1, 0.15) is 19.3 Å². The maximum Gasteiger partial charge on any atom is 0.389 e. The number of nitrogens with one attached hydrogen (secondary N) is 1. The van der Waals surface area contributed by atoms with Crippen LogP contribution in [-0.4, -0.2) is 37.1 Å². The van der Waals surface area contributed by atoms with Gasteiger partial charge in [0.1, 0.15) is 18.5 Å². The third kappa shape index (κ3) is 9.55. The molecule has 0 saturated carbocycles. The van der Waals surface area contributed by atoms with Crippen molar-refractivity contribution >= 4 is 11.6 Å². The van der Waals surface area contributed by atoms with Gasteiger partial charge in [-0.15, -0.1) is 0 Å². The number of ether oxygens (including phenoxy) is 1. The fraction of sp³-hybridized carbons (Fsp3) is 0.571. The molecule has 3 nitrogen and oxygen atoms in total. The maximum absolute atomic E-state index is 11.9.